The Hall–Kier alpha value is -1.67. The summed E-state index contributed by atoms with van der Waals surface area (Å²) >= 11 is 0. The van der Waals surface area contributed by atoms with Crippen LogP contribution < -0.4 is 16.7 Å². The molecule has 0 bridgehead atoms. The summed E-state index contributed by atoms with van der Waals surface area (Å²) < 4.78 is 9.85. The van der Waals surface area contributed by atoms with Gasteiger partial charge in [-0.15, -0.1) is 0 Å². The van der Waals surface area contributed by atoms with Crippen LogP contribution >= 0.6 is 0 Å². The molecule has 1 rings (SSSR count). The van der Waals surface area contributed by atoms with Crippen LogP contribution in [-0.4, -0.2) is 42.0 Å². The first-order chi connectivity index (χ1) is 7.15. The molecule has 84 valence electrons. The summed E-state index contributed by atoms with van der Waals surface area (Å²) in [7, 11) is 3.01. The number of hydrogen-bond donors (Lipinski definition) is 3. The number of nitrogen functional groups attached to an aromatic ring is 1. The molecule has 0 fully saturated rings. The van der Waals surface area contributed by atoms with Crippen molar-refractivity contribution in [2.75, 3.05) is 31.8 Å². The number of ether oxygens (including phenoxy) is 2. The summed E-state index contributed by atoms with van der Waals surface area (Å²) in [4.78, 5) is 20.4. The third kappa shape index (κ3) is 3.52. The Bertz CT molecular complexity index is 362. The minimum Gasteiger partial charge on any atom is -0.369 e. The van der Waals surface area contributed by atoms with Crippen molar-refractivity contribution in [3.05, 3.63) is 10.5 Å². The molecule has 4 N–H and O–H groups in total. The smallest absolute Gasteiger partial charge is 0.350 e. The van der Waals surface area contributed by atoms with Gasteiger partial charge in [0.1, 0.15) is 0 Å². The molecule has 0 atom stereocenters. The number of aromatic nitrogens is 3. The van der Waals surface area contributed by atoms with E-state index in [0.717, 1.165) is 0 Å². The second kappa shape index (κ2) is 5.27. The zero-order chi connectivity index (χ0) is 11.3. The maximum Gasteiger partial charge on any atom is 0.350 e. The van der Waals surface area contributed by atoms with E-state index < -0.39 is 12.0 Å². The van der Waals surface area contributed by atoms with Crippen LogP contribution in [0.3, 0.4) is 0 Å². The van der Waals surface area contributed by atoms with Gasteiger partial charge in [-0.2, -0.15) is 9.97 Å². The Balaban J connectivity index is 2.61. The maximum absolute atomic E-state index is 10.9. The Morgan fingerprint density at radius 2 is 2.13 bits per heavy atom. The Morgan fingerprint density at radius 3 is 2.67 bits per heavy atom. The number of nitrogens with one attached hydrogen (secondary N) is 2. The van der Waals surface area contributed by atoms with Gasteiger partial charge in [-0.05, 0) is 0 Å². The van der Waals surface area contributed by atoms with E-state index in [2.05, 4.69) is 20.3 Å². The highest BCUT2D eigenvalue weighted by Crippen LogP contribution is 1.97. The molecule has 0 amide bonds. The average Bonchev–Trinajstić information content (AvgIpc) is 2.18. The zero-order valence-corrected chi connectivity index (χ0v) is 8.48. The van der Waals surface area contributed by atoms with Gasteiger partial charge in [0.15, 0.2) is 6.29 Å². The van der Waals surface area contributed by atoms with Crippen LogP contribution in [0.2, 0.25) is 0 Å². The molecule has 0 aliphatic carbocycles. The second-order valence-corrected chi connectivity index (χ2v) is 2.64. The number of hydrogen-bond acceptors (Lipinski definition) is 7. The van der Waals surface area contributed by atoms with Gasteiger partial charge in [0, 0.05) is 14.2 Å². The fraction of sp³-hybridized carbons (Fsp3) is 0.571. The molecule has 0 saturated carbocycles. The summed E-state index contributed by atoms with van der Waals surface area (Å²) in [6, 6.07) is 0. The van der Waals surface area contributed by atoms with E-state index in [0.29, 0.717) is 6.54 Å². The first-order valence-corrected chi connectivity index (χ1v) is 4.19. The highest BCUT2D eigenvalue weighted by atomic mass is 16.7. The minimum absolute atomic E-state index is 0.00360. The lowest BCUT2D eigenvalue weighted by atomic mass is 10.6. The van der Waals surface area contributed by atoms with Gasteiger partial charge in [-0.3, -0.25) is 4.98 Å². The molecular weight excluding hydrogens is 202 g/mol. The highest BCUT2D eigenvalue weighted by molar-refractivity contribution is 5.28. The number of methoxy groups -OCH3 is 2. The Labute approximate surface area is 85.8 Å². The molecule has 8 nitrogen and oxygen atoms in total. The number of nitrogens with two attached hydrogens (primary N) is 1. The van der Waals surface area contributed by atoms with E-state index in [1.807, 2.05) is 0 Å². The van der Waals surface area contributed by atoms with Crippen LogP contribution in [-0.2, 0) is 9.47 Å². The van der Waals surface area contributed by atoms with Gasteiger partial charge in [0.2, 0.25) is 11.9 Å². The van der Waals surface area contributed by atoms with E-state index in [9.17, 15) is 4.79 Å². The minimum atomic E-state index is -0.559. The molecule has 0 saturated heterocycles. The van der Waals surface area contributed by atoms with Crippen molar-refractivity contribution in [1.29, 1.82) is 0 Å². The lowest BCUT2D eigenvalue weighted by molar-refractivity contribution is -0.0914. The fourth-order valence-corrected chi connectivity index (χ4v) is 0.917. The predicted molar refractivity (Wildman–Crippen MR) is 53.4 cm³/mol. The zero-order valence-electron chi connectivity index (χ0n) is 8.48. The van der Waals surface area contributed by atoms with Crippen LogP contribution in [0, 0.1) is 0 Å². The standard InChI is InChI=1S/C7H13N5O3/c1-14-4(15-2)3-9-6-10-5(8)11-7(13)12-6/h4H,3H2,1-2H3,(H4,8,9,10,11,12,13). The van der Waals surface area contributed by atoms with Gasteiger partial charge in [-0.1, -0.05) is 0 Å². The van der Waals surface area contributed by atoms with Crippen molar-refractivity contribution in [3.8, 4) is 0 Å². The van der Waals surface area contributed by atoms with Gasteiger partial charge in [-0.25, -0.2) is 4.79 Å². The third-order valence-corrected chi connectivity index (χ3v) is 1.62. The average molecular weight is 215 g/mol. The molecule has 1 aromatic heterocycles. The van der Waals surface area contributed by atoms with Gasteiger partial charge < -0.3 is 20.5 Å². The van der Waals surface area contributed by atoms with Crippen molar-refractivity contribution in [2.24, 2.45) is 0 Å². The van der Waals surface area contributed by atoms with Crippen LogP contribution in [0.4, 0.5) is 11.9 Å². The Kier molecular flexibility index (Phi) is 4.01. The molecule has 1 heterocycles. The summed E-state index contributed by atoms with van der Waals surface area (Å²) in [5, 5.41) is 2.76. The van der Waals surface area contributed by atoms with Crippen LogP contribution in [0.15, 0.2) is 4.79 Å². The van der Waals surface area contributed by atoms with Crippen molar-refractivity contribution in [3.63, 3.8) is 0 Å². The lowest BCUT2D eigenvalue weighted by Crippen LogP contribution is -2.26. The number of nitrogens with zero attached hydrogens (tertiary/aromatic N) is 2. The van der Waals surface area contributed by atoms with Crippen molar-refractivity contribution in [2.45, 2.75) is 6.29 Å². The SMILES string of the molecule is COC(CNc1nc(N)[nH]c(=O)n1)OC. The molecule has 0 aromatic carbocycles. The number of H-pyrrole nitrogens is 1. The van der Waals surface area contributed by atoms with E-state index >= 15 is 0 Å². The second-order valence-electron chi connectivity index (χ2n) is 2.64. The summed E-state index contributed by atoms with van der Waals surface area (Å²) in [5.41, 5.74) is 4.76. The molecule has 0 unspecified atom stereocenters. The fourth-order valence-electron chi connectivity index (χ4n) is 0.917. The number of anilines is 2. The van der Waals surface area contributed by atoms with E-state index in [4.69, 9.17) is 15.2 Å². The lowest BCUT2D eigenvalue weighted by Gasteiger charge is -2.13. The monoisotopic (exact) mass is 215 g/mol. The first kappa shape index (κ1) is 11.4. The first-order valence-electron chi connectivity index (χ1n) is 4.19. The molecule has 0 aliphatic heterocycles. The van der Waals surface area contributed by atoms with Gasteiger partial charge in [0.25, 0.3) is 0 Å². The van der Waals surface area contributed by atoms with Crippen molar-refractivity contribution >= 4 is 11.9 Å². The largest absolute Gasteiger partial charge is 0.369 e. The van der Waals surface area contributed by atoms with E-state index in [1.54, 1.807) is 0 Å². The molecular formula is C7H13N5O3. The topological polar surface area (TPSA) is 115 Å². The molecule has 15 heavy (non-hydrogen) atoms. The maximum atomic E-state index is 10.9. The summed E-state index contributed by atoms with van der Waals surface area (Å²) in [6.45, 7) is 0.315. The van der Waals surface area contributed by atoms with Gasteiger partial charge in [0.05, 0.1) is 6.54 Å². The summed E-state index contributed by atoms with van der Waals surface area (Å²) in [6.07, 6.45) is -0.436. The number of rotatable bonds is 5. The summed E-state index contributed by atoms with van der Waals surface area (Å²) in [5.74, 6) is 0.138. The van der Waals surface area contributed by atoms with Crippen molar-refractivity contribution < 1.29 is 9.47 Å². The third-order valence-electron chi connectivity index (χ3n) is 1.62. The van der Waals surface area contributed by atoms with E-state index in [1.165, 1.54) is 14.2 Å². The van der Waals surface area contributed by atoms with Crippen LogP contribution in [0.5, 0.6) is 0 Å². The van der Waals surface area contributed by atoms with Gasteiger partial charge >= 0.3 is 5.69 Å². The molecule has 0 spiro atoms. The van der Waals surface area contributed by atoms with Crippen molar-refractivity contribution in [1.82, 2.24) is 15.0 Å². The predicted octanol–water partition coefficient (Wildman–Crippen LogP) is -1.22. The molecule has 0 aliphatic rings. The normalized spacial score (nSPS) is 10.6. The van der Waals surface area contributed by atoms with Crippen LogP contribution in [0.25, 0.3) is 0 Å². The quantitative estimate of drug-likeness (QED) is 0.527. The Morgan fingerprint density at radius 1 is 1.47 bits per heavy atom. The number of aromatic amines is 1. The molecule has 1 aromatic rings. The molecule has 0 radical (unpaired) electrons. The molecule has 8 heteroatoms. The highest BCUT2D eigenvalue weighted by Gasteiger charge is 2.06. The van der Waals surface area contributed by atoms with E-state index in [-0.39, 0.29) is 11.9 Å². The van der Waals surface area contributed by atoms with Crippen LogP contribution in [0.1, 0.15) is 0 Å².